The molecule has 2 heterocycles. The van der Waals surface area contributed by atoms with Crippen molar-refractivity contribution in [2.24, 2.45) is 0 Å². The van der Waals surface area contributed by atoms with Crippen LogP contribution in [0.15, 0.2) is 59.1 Å². The van der Waals surface area contributed by atoms with Gasteiger partial charge in [0.05, 0.1) is 6.20 Å². The lowest BCUT2D eigenvalue weighted by atomic mass is 9.76. The van der Waals surface area contributed by atoms with Gasteiger partial charge in [0.25, 0.3) is 5.91 Å². The number of aryl methyl sites for hydroxylation is 1. The molecule has 1 atom stereocenters. The number of nitrogens with zero attached hydrogens (tertiary/aromatic N) is 2. The van der Waals surface area contributed by atoms with Crippen molar-refractivity contribution in [3.63, 3.8) is 0 Å². The lowest BCUT2D eigenvalue weighted by molar-refractivity contribution is -0.132. The highest BCUT2D eigenvalue weighted by Gasteiger charge is 2.54. The number of hydrogen-bond donors (Lipinski definition) is 1. The number of carbonyl (C=O) groups excluding carboxylic acids is 2. The van der Waals surface area contributed by atoms with Gasteiger partial charge in [0.15, 0.2) is 5.76 Å². The summed E-state index contributed by atoms with van der Waals surface area (Å²) in [5.41, 5.74) is 1.61. The Bertz CT molecular complexity index is 1110. The van der Waals surface area contributed by atoms with Crippen LogP contribution in [0.25, 0.3) is 11.3 Å². The number of rotatable bonds is 3. The van der Waals surface area contributed by atoms with Crippen LogP contribution >= 0.6 is 0 Å². The molecular weight excluding hydrogens is 373 g/mol. The Kier molecular flexibility index (Phi) is 3.97. The Morgan fingerprint density at radius 3 is 2.76 bits per heavy atom. The lowest BCUT2D eigenvalue weighted by Crippen LogP contribution is -2.46. The molecule has 1 aromatic heterocycles. The number of amides is 3. The molecule has 2 aliphatic rings. The van der Waals surface area contributed by atoms with Gasteiger partial charge in [-0.05, 0) is 54.7 Å². The van der Waals surface area contributed by atoms with Crippen molar-refractivity contribution in [3.8, 4) is 11.3 Å². The number of halogens is 1. The molecule has 1 spiro atoms. The summed E-state index contributed by atoms with van der Waals surface area (Å²) in [6.07, 6.45) is 3.79. The fourth-order valence-corrected chi connectivity index (χ4v) is 4.22. The minimum atomic E-state index is -1.02. The van der Waals surface area contributed by atoms with Gasteiger partial charge in [0, 0.05) is 5.56 Å². The smallest absolute Gasteiger partial charge is 0.325 e. The first kappa shape index (κ1) is 17.6. The van der Waals surface area contributed by atoms with E-state index in [4.69, 9.17) is 4.42 Å². The summed E-state index contributed by atoms with van der Waals surface area (Å²) in [5, 5.41) is 2.92. The van der Waals surface area contributed by atoms with Gasteiger partial charge < -0.3 is 9.73 Å². The van der Waals surface area contributed by atoms with Crippen molar-refractivity contribution < 1.29 is 18.4 Å². The predicted octanol–water partition coefficient (Wildman–Crippen LogP) is 3.76. The summed E-state index contributed by atoms with van der Waals surface area (Å²) < 4.78 is 18.8. The van der Waals surface area contributed by atoms with E-state index in [0.717, 1.165) is 28.9 Å². The summed E-state index contributed by atoms with van der Waals surface area (Å²) in [6.45, 7) is -0.0597. The Morgan fingerprint density at radius 2 is 1.93 bits per heavy atom. The van der Waals surface area contributed by atoms with E-state index >= 15 is 0 Å². The minimum absolute atomic E-state index is 0.0597. The van der Waals surface area contributed by atoms with Crippen LogP contribution < -0.4 is 5.32 Å². The van der Waals surface area contributed by atoms with Crippen molar-refractivity contribution in [1.29, 1.82) is 0 Å². The molecule has 7 heteroatoms. The monoisotopic (exact) mass is 391 g/mol. The largest absolute Gasteiger partial charge is 0.439 e. The normalized spacial score (nSPS) is 20.8. The first-order valence-electron chi connectivity index (χ1n) is 9.50. The SMILES string of the molecule is O=C1NC2(CCCc3ccccc32)C(=O)N1Cc1ncc(-c2ccc(F)cc2)o1. The molecule has 1 fully saturated rings. The fraction of sp³-hybridized carbons (Fsp3) is 0.227. The number of aromatic nitrogens is 1. The number of oxazole rings is 1. The van der Waals surface area contributed by atoms with Crippen molar-refractivity contribution >= 4 is 11.9 Å². The van der Waals surface area contributed by atoms with Gasteiger partial charge >= 0.3 is 6.03 Å². The van der Waals surface area contributed by atoms with Crippen LogP contribution in [0.2, 0.25) is 0 Å². The minimum Gasteiger partial charge on any atom is -0.439 e. The Hall–Kier alpha value is -3.48. The second-order valence-corrected chi connectivity index (χ2v) is 7.36. The van der Waals surface area contributed by atoms with Gasteiger partial charge in [0.1, 0.15) is 17.9 Å². The van der Waals surface area contributed by atoms with Crippen LogP contribution in [-0.2, 0) is 23.3 Å². The molecule has 29 heavy (non-hydrogen) atoms. The molecule has 0 radical (unpaired) electrons. The fourth-order valence-electron chi connectivity index (χ4n) is 4.22. The number of fused-ring (bicyclic) bond motifs is 2. The quantitative estimate of drug-likeness (QED) is 0.690. The number of urea groups is 1. The highest BCUT2D eigenvalue weighted by atomic mass is 19.1. The number of carbonyl (C=O) groups is 2. The highest BCUT2D eigenvalue weighted by Crippen LogP contribution is 2.40. The van der Waals surface area contributed by atoms with E-state index < -0.39 is 11.6 Å². The standard InChI is InChI=1S/C22H18FN3O3/c23-16-9-7-15(8-10-16)18-12-24-19(29-18)13-26-20(27)22(25-21(26)28)11-3-5-14-4-1-2-6-17(14)22/h1-2,4,6-10,12H,3,5,11,13H2,(H,25,28). The Balaban J connectivity index is 1.42. The zero-order chi connectivity index (χ0) is 20.0. The molecule has 146 valence electrons. The maximum atomic E-state index is 13.3. The molecule has 1 aliphatic carbocycles. The summed E-state index contributed by atoms with van der Waals surface area (Å²) in [7, 11) is 0. The molecule has 1 saturated heterocycles. The molecular formula is C22H18FN3O3. The maximum absolute atomic E-state index is 13.3. The van der Waals surface area contributed by atoms with Gasteiger partial charge in [-0.3, -0.25) is 9.69 Å². The summed E-state index contributed by atoms with van der Waals surface area (Å²) >= 11 is 0. The van der Waals surface area contributed by atoms with E-state index in [1.165, 1.54) is 18.3 Å². The summed E-state index contributed by atoms with van der Waals surface area (Å²) in [4.78, 5) is 31.3. The van der Waals surface area contributed by atoms with Gasteiger partial charge in [-0.25, -0.2) is 14.2 Å². The van der Waals surface area contributed by atoms with E-state index in [9.17, 15) is 14.0 Å². The number of benzene rings is 2. The third kappa shape index (κ3) is 2.81. The molecule has 1 unspecified atom stereocenters. The third-order valence-electron chi connectivity index (χ3n) is 5.63. The van der Waals surface area contributed by atoms with E-state index in [1.807, 2.05) is 24.3 Å². The van der Waals surface area contributed by atoms with Crippen molar-refractivity contribution in [2.45, 2.75) is 31.3 Å². The Labute approximate surface area is 166 Å². The van der Waals surface area contributed by atoms with Crippen LogP contribution in [0, 0.1) is 5.82 Å². The average molecular weight is 391 g/mol. The molecule has 0 saturated carbocycles. The Morgan fingerprint density at radius 1 is 1.14 bits per heavy atom. The first-order valence-corrected chi connectivity index (χ1v) is 9.50. The van der Waals surface area contributed by atoms with Crippen molar-refractivity contribution in [2.75, 3.05) is 0 Å². The van der Waals surface area contributed by atoms with E-state index in [0.29, 0.717) is 17.7 Å². The first-order chi connectivity index (χ1) is 14.1. The third-order valence-corrected chi connectivity index (χ3v) is 5.63. The lowest BCUT2D eigenvalue weighted by Gasteiger charge is -2.33. The summed E-state index contributed by atoms with van der Waals surface area (Å²) in [6, 6.07) is 13.1. The molecule has 5 rings (SSSR count). The van der Waals surface area contributed by atoms with Gasteiger partial charge in [0.2, 0.25) is 5.89 Å². The van der Waals surface area contributed by atoms with Crippen LogP contribution in [0.5, 0.6) is 0 Å². The maximum Gasteiger partial charge on any atom is 0.325 e. The van der Waals surface area contributed by atoms with Crippen LogP contribution in [-0.4, -0.2) is 21.8 Å². The molecule has 6 nitrogen and oxygen atoms in total. The van der Waals surface area contributed by atoms with Gasteiger partial charge in [-0.2, -0.15) is 0 Å². The summed E-state index contributed by atoms with van der Waals surface area (Å²) in [5.74, 6) is 0.0702. The topological polar surface area (TPSA) is 75.4 Å². The molecule has 0 bridgehead atoms. The number of hydrogen-bond acceptors (Lipinski definition) is 4. The number of nitrogens with one attached hydrogen (secondary N) is 1. The van der Waals surface area contributed by atoms with E-state index in [2.05, 4.69) is 10.3 Å². The predicted molar refractivity (Wildman–Crippen MR) is 102 cm³/mol. The van der Waals surface area contributed by atoms with Gasteiger partial charge in [-0.1, -0.05) is 24.3 Å². The molecule has 1 aliphatic heterocycles. The zero-order valence-electron chi connectivity index (χ0n) is 15.5. The molecule has 3 amide bonds. The van der Waals surface area contributed by atoms with Crippen LogP contribution in [0.4, 0.5) is 9.18 Å². The number of imide groups is 1. The molecule has 2 aromatic carbocycles. The van der Waals surface area contributed by atoms with Crippen molar-refractivity contribution in [3.05, 3.63) is 77.6 Å². The second kappa shape index (κ2) is 6.55. The second-order valence-electron chi connectivity index (χ2n) is 7.36. The molecule has 1 N–H and O–H groups in total. The zero-order valence-corrected chi connectivity index (χ0v) is 15.5. The van der Waals surface area contributed by atoms with E-state index in [1.54, 1.807) is 12.1 Å². The van der Waals surface area contributed by atoms with Gasteiger partial charge in [-0.15, -0.1) is 0 Å². The average Bonchev–Trinajstić information content (AvgIpc) is 3.29. The highest BCUT2D eigenvalue weighted by molar-refractivity contribution is 6.07. The molecule has 3 aromatic rings. The van der Waals surface area contributed by atoms with E-state index in [-0.39, 0.29) is 24.2 Å². The van der Waals surface area contributed by atoms with Crippen molar-refractivity contribution in [1.82, 2.24) is 15.2 Å². The van der Waals surface area contributed by atoms with Crippen LogP contribution in [0.1, 0.15) is 29.9 Å². The van der Waals surface area contributed by atoms with Crippen LogP contribution in [0.3, 0.4) is 0 Å².